The number of benzene rings is 2. The summed E-state index contributed by atoms with van der Waals surface area (Å²) >= 11 is 0. The van der Waals surface area contributed by atoms with E-state index in [-0.39, 0.29) is 11.3 Å². The molecule has 1 unspecified atom stereocenters. The lowest BCUT2D eigenvalue weighted by atomic mass is 9.93. The second-order valence-electron chi connectivity index (χ2n) is 9.33. The van der Waals surface area contributed by atoms with Crippen molar-refractivity contribution in [3.8, 4) is 17.2 Å². The second kappa shape index (κ2) is 11.0. The SMILES string of the molecule is CCCOc1cc(C2/C(=C(\O)c3ccc4c(c3)CCCO4)C(=O)C(=O)N2CCN(C)C)ccc1OC. The van der Waals surface area contributed by atoms with E-state index in [1.54, 1.807) is 25.3 Å². The fourth-order valence-electron chi connectivity index (χ4n) is 4.62. The summed E-state index contributed by atoms with van der Waals surface area (Å²) in [6, 6.07) is 10.00. The van der Waals surface area contributed by atoms with Gasteiger partial charge < -0.3 is 29.1 Å². The van der Waals surface area contributed by atoms with Crippen molar-refractivity contribution in [3.63, 3.8) is 0 Å². The van der Waals surface area contributed by atoms with Gasteiger partial charge >= 0.3 is 0 Å². The number of likely N-dealkylation sites (N-methyl/N-ethyl adjacent to an activating group) is 1. The largest absolute Gasteiger partial charge is 0.507 e. The molecule has 2 aliphatic heterocycles. The average Bonchev–Trinajstić information content (AvgIpc) is 3.14. The maximum Gasteiger partial charge on any atom is 0.295 e. The maximum atomic E-state index is 13.3. The molecule has 4 rings (SSSR count). The standard InChI is InChI=1S/C28H34N2O6/c1-5-14-35-23-17-19(8-11-22(23)34-4)25-24(27(32)28(33)30(25)13-12-29(2)3)26(31)20-9-10-21-18(16-20)7-6-15-36-21/h8-11,16-17,25,31H,5-7,12-15H2,1-4H3/b26-24+. The zero-order valence-corrected chi connectivity index (χ0v) is 21.4. The molecule has 2 aromatic carbocycles. The van der Waals surface area contributed by atoms with E-state index in [1.807, 2.05) is 44.1 Å². The van der Waals surface area contributed by atoms with Gasteiger partial charge in [-0.2, -0.15) is 0 Å². The minimum atomic E-state index is -0.757. The molecule has 1 atom stereocenters. The highest BCUT2D eigenvalue weighted by molar-refractivity contribution is 6.46. The molecule has 0 spiro atoms. The van der Waals surface area contributed by atoms with Crippen molar-refractivity contribution in [2.45, 2.75) is 32.2 Å². The summed E-state index contributed by atoms with van der Waals surface area (Å²) in [6.45, 7) is 4.06. The number of hydrogen-bond donors (Lipinski definition) is 1. The van der Waals surface area contributed by atoms with Gasteiger partial charge in [0.15, 0.2) is 11.5 Å². The number of nitrogens with zero attached hydrogens (tertiary/aromatic N) is 2. The number of fused-ring (bicyclic) bond motifs is 1. The lowest BCUT2D eigenvalue weighted by molar-refractivity contribution is -0.140. The van der Waals surface area contributed by atoms with Crippen molar-refractivity contribution in [3.05, 3.63) is 58.7 Å². The van der Waals surface area contributed by atoms with E-state index in [0.29, 0.717) is 48.9 Å². The van der Waals surface area contributed by atoms with Crippen molar-refractivity contribution < 1.29 is 28.9 Å². The number of carbonyl (C=O) groups is 2. The Bertz CT molecular complexity index is 1170. The minimum Gasteiger partial charge on any atom is -0.507 e. The number of amides is 1. The van der Waals surface area contributed by atoms with Crippen LogP contribution in [0, 0.1) is 0 Å². The van der Waals surface area contributed by atoms with Gasteiger partial charge in [0.25, 0.3) is 11.7 Å². The van der Waals surface area contributed by atoms with Crippen molar-refractivity contribution in [1.29, 1.82) is 0 Å². The lowest BCUT2D eigenvalue weighted by Crippen LogP contribution is -2.35. The van der Waals surface area contributed by atoms with Gasteiger partial charge in [0.2, 0.25) is 0 Å². The van der Waals surface area contributed by atoms with E-state index >= 15 is 0 Å². The van der Waals surface area contributed by atoms with E-state index < -0.39 is 17.7 Å². The fraction of sp³-hybridized carbons (Fsp3) is 0.429. The van der Waals surface area contributed by atoms with Gasteiger partial charge in [0.05, 0.1) is 31.9 Å². The second-order valence-corrected chi connectivity index (χ2v) is 9.33. The Kier molecular flexibility index (Phi) is 7.84. The normalized spacial score (nSPS) is 18.8. The molecule has 1 N–H and O–H groups in total. The first-order valence-electron chi connectivity index (χ1n) is 12.4. The monoisotopic (exact) mass is 494 g/mol. The van der Waals surface area contributed by atoms with Crippen molar-refractivity contribution in [1.82, 2.24) is 9.80 Å². The van der Waals surface area contributed by atoms with Crippen LogP contribution in [0.3, 0.4) is 0 Å². The molecule has 2 heterocycles. The van der Waals surface area contributed by atoms with Crippen LogP contribution in [0.4, 0.5) is 0 Å². The molecule has 1 amide bonds. The van der Waals surface area contributed by atoms with Gasteiger partial charge in [-0.3, -0.25) is 9.59 Å². The third-order valence-electron chi connectivity index (χ3n) is 6.48. The topological polar surface area (TPSA) is 88.5 Å². The molecule has 0 bridgehead atoms. The molecular formula is C28H34N2O6. The van der Waals surface area contributed by atoms with Crippen LogP contribution >= 0.6 is 0 Å². The molecular weight excluding hydrogens is 460 g/mol. The highest BCUT2D eigenvalue weighted by Crippen LogP contribution is 2.42. The Morgan fingerprint density at radius 1 is 1.17 bits per heavy atom. The highest BCUT2D eigenvalue weighted by atomic mass is 16.5. The summed E-state index contributed by atoms with van der Waals surface area (Å²) in [7, 11) is 5.38. The Balaban J connectivity index is 1.83. The van der Waals surface area contributed by atoms with E-state index in [2.05, 4.69) is 0 Å². The molecule has 1 saturated heterocycles. The van der Waals surface area contributed by atoms with Gasteiger partial charge in [-0.25, -0.2) is 0 Å². The third kappa shape index (κ3) is 5.04. The number of methoxy groups -OCH3 is 1. The van der Waals surface area contributed by atoms with Crippen molar-refractivity contribution in [2.75, 3.05) is 47.5 Å². The lowest BCUT2D eigenvalue weighted by Gasteiger charge is -2.27. The number of hydrogen-bond acceptors (Lipinski definition) is 7. The summed E-state index contributed by atoms with van der Waals surface area (Å²) in [5.41, 5.74) is 2.21. The molecule has 0 radical (unpaired) electrons. The third-order valence-corrected chi connectivity index (χ3v) is 6.48. The molecule has 2 aliphatic rings. The summed E-state index contributed by atoms with van der Waals surface area (Å²) < 4.78 is 17.0. The van der Waals surface area contributed by atoms with Gasteiger partial charge in [0, 0.05) is 18.7 Å². The molecule has 0 saturated carbocycles. The summed E-state index contributed by atoms with van der Waals surface area (Å²) in [5.74, 6) is 0.362. The number of rotatable bonds is 9. The first kappa shape index (κ1) is 25.6. The Morgan fingerprint density at radius 3 is 2.69 bits per heavy atom. The van der Waals surface area contributed by atoms with Crippen LogP contribution in [-0.2, 0) is 16.0 Å². The fourth-order valence-corrected chi connectivity index (χ4v) is 4.62. The van der Waals surface area contributed by atoms with Crippen LogP contribution in [0.15, 0.2) is 42.0 Å². The number of carbonyl (C=O) groups excluding carboxylic acids is 2. The Labute approximate surface area is 212 Å². The molecule has 0 aliphatic carbocycles. The van der Waals surface area contributed by atoms with Crippen LogP contribution in [0.1, 0.15) is 42.5 Å². The van der Waals surface area contributed by atoms with E-state index in [9.17, 15) is 14.7 Å². The minimum absolute atomic E-state index is 0.0713. The highest BCUT2D eigenvalue weighted by Gasteiger charge is 2.46. The van der Waals surface area contributed by atoms with Crippen LogP contribution in [0.5, 0.6) is 17.2 Å². The van der Waals surface area contributed by atoms with Crippen molar-refractivity contribution in [2.24, 2.45) is 0 Å². The first-order valence-corrected chi connectivity index (χ1v) is 12.4. The average molecular weight is 495 g/mol. The maximum absolute atomic E-state index is 13.3. The Morgan fingerprint density at radius 2 is 1.97 bits per heavy atom. The van der Waals surface area contributed by atoms with Gasteiger partial charge in [-0.05, 0) is 74.8 Å². The van der Waals surface area contributed by atoms with Gasteiger partial charge in [-0.15, -0.1) is 0 Å². The van der Waals surface area contributed by atoms with Gasteiger partial charge in [0.1, 0.15) is 11.5 Å². The predicted octanol–water partition coefficient (Wildman–Crippen LogP) is 3.79. The molecule has 8 heteroatoms. The summed E-state index contributed by atoms with van der Waals surface area (Å²) in [6.07, 6.45) is 2.53. The number of aliphatic hydroxyl groups excluding tert-OH is 1. The molecule has 8 nitrogen and oxygen atoms in total. The number of aryl methyl sites for hydroxylation is 1. The zero-order valence-electron chi connectivity index (χ0n) is 21.4. The number of ketones is 1. The number of Topliss-reactive ketones (excluding diaryl/α,β-unsaturated/α-hetero) is 1. The quantitative estimate of drug-likeness (QED) is 0.322. The summed E-state index contributed by atoms with van der Waals surface area (Å²) in [4.78, 5) is 30.0. The molecule has 2 aromatic rings. The number of ether oxygens (including phenoxy) is 3. The van der Waals surface area contributed by atoms with Crippen LogP contribution in [-0.4, -0.2) is 74.1 Å². The first-order chi connectivity index (χ1) is 17.3. The predicted molar refractivity (Wildman–Crippen MR) is 137 cm³/mol. The number of likely N-dealkylation sites (tertiary alicyclic amines) is 1. The van der Waals surface area contributed by atoms with Gasteiger partial charge in [-0.1, -0.05) is 13.0 Å². The molecule has 192 valence electrons. The zero-order chi connectivity index (χ0) is 25.8. The van der Waals surface area contributed by atoms with Crippen LogP contribution in [0.25, 0.3) is 5.76 Å². The van der Waals surface area contributed by atoms with E-state index in [0.717, 1.165) is 30.6 Å². The van der Waals surface area contributed by atoms with Crippen LogP contribution in [0.2, 0.25) is 0 Å². The smallest absolute Gasteiger partial charge is 0.295 e. The molecule has 1 fully saturated rings. The summed E-state index contributed by atoms with van der Waals surface area (Å²) in [5, 5.41) is 11.4. The molecule has 0 aromatic heterocycles. The Hall–Kier alpha value is -3.52. The van der Waals surface area contributed by atoms with E-state index in [4.69, 9.17) is 14.2 Å². The van der Waals surface area contributed by atoms with Crippen molar-refractivity contribution >= 4 is 17.4 Å². The van der Waals surface area contributed by atoms with Crippen LogP contribution < -0.4 is 14.2 Å². The number of aliphatic hydroxyl groups is 1. The molecule has 36 heavy (non-hydrogen) atoms. The van der Waals surface area contributed by atoms with E-state index in [1.165, 1.54) is 4.90 Å².